The maximum absolute atomic E-state index is 4.84. The number of anilines is 1. The zero-order valence-electron chi connectivity index (χ0n) is 17.0. The van der Waals surface area contributed by atoms with Crippen molar-refractivity contribution in [2.75, 3.05) is 37.7 Å². The lowest BCUT2D eigenvalue weighted by Crippen LogP contribution is -2.42. The standard InChI is InChI=1S/C22H27N7/c1-16-10-21(26-25-16)29-17(2)13-28-15-24-20(12-22(28)29)19-5-3-4-18(11-19)14-27-8-6-23-7-9-27/h3-5,10-13,23H,6-9,14-15H2,1-2H3,(H,25,26). The fourth-order valence-electron chi connectivity index (χ4n) is 4.19. The van der Waals surface area contributed by atoms with Crippen LogP contribution in [0.4, 0.5) is 5.82 Å². The zero-order valence-corrected chi connectivity index (χ0v) is 17.0. The van der Waals surface area contributed by atoms with Crippen LogP contribution in [0.25, 0.3) is 0 Å². The number of aryl methyl sites for hydroxylation is 1. The minimum absolute atomic E-state index is 0.625. The van der Waals surface area contributed by atoms with Crippen molar-refractivity contribution < 1.29 is 0 Å². The van der Waals surface area contributed by atoms with Crippen LogP contribution in [0.2, 0.25) is 0 Å². The number of aromatic amines is 1. The van der Waals surface area contributed by atoms with Crippen molar-refractivity contribution in [1.82, 2.24) is 25.3 Å². The molecule has 1 fully saturated rings. The van der Waals surface area contributed by atoms with Gasteiger partial charge in [-0.2, -0.15) is 5.10 Å². The quantitative estimate of drug-likeness (QED) is 0.841. The number of nitrogens with zero attached hydrogens (tertiary/aromatic N) is 5. The van der Waals surface area contributed by atoms with Gasteiger partial charge in [-0.05, 0) is 25.5 Å². The molecule has 150 valence electrons. The van der Waals surface area contributed by atoms with E-state index in [2.05, 4.69) is 79.7 Å². The van der Waals surface area contributed by atoms with Crippen LogP contribution in [0, 0.1) is 6.92 Å². The van der Waals surface area contributed by atoms with Crippen LogP contribution in [0.15, 0.2) is 59.1 Å². The van der Waals surface area contributed by atoms with Gasteiger partial charge in [0.25, 0.3) is 0 Å². The molecule has 0 radical (unpaired) electrons. The Bertz CT molecular complexity index is 994. The maximum atomic E-state index is 4.84. The van der Waals surface area contributed by atoms with E-state index in [1.807, 2.05) is 6.92 Å². The minimum atomic E-state index is 0.625. The molecule has 0 unspecified atom stereocenters. The summed E-state index contributed by atoms with van der Waals surface area (Å²) >= 11 is 0. The number of hydrogen-bond donors (Lipinski definition) is 2. The van der Waals surface area contributed by atoms with Crippen LogP contribution in [0.5, 0.6) is 0 Å². The third-order valence-corrected chi connectivity index (χ3v) is 5.64. The number of hydrogen-bond acceptors (Lipinski definition) is 6. The van der Waals surface area contributed by atoms with Crippen molar-refractivity contribution in [1.29, 1.82) is 0 Å². The summed E-state index contributed by atoms with van der Waals surface area (Å²) in [5.74, 6) is 2.02. The van der Waals surface area contributed by atoms with Crippen molar-refractivity contribution in [2.24, 2.45) is 4.99 Å². The molecular weight excluding hydrogens is 362 g/mol. The van der Waals surface area contributed by atoms with E-state index in [9.17, 15) is 0 Å². The molecule has 0 amide bonds. The first-order valence-corrected chi connectivity index (χ1v) is 10.2. The van der Waals surface area contributed by atoms with Gasteiger partial charge in [-0.1, -0.05) is 18.2 Å². The van der Waals surface area contributed by atoms with Gasteiger partial charge >= 0.3 is 0 Å². The lowest BCUT2D eigenvalue weighted by Gasteiger charge is -2.28. The fourth-order valence-corrected chi connectivity index (χ4v) is 4.19. The summed E-state index contributed by atoms with van der Waals surface area (Å²) in [4.78, 5) is 11.7. The molecular formula is C22H27N7. The number of allylic oxidation sites excluding steroid dienone is 2. The summed E-state index contributed by atoms with van der Waals surface area (Å²) in [6, 6.07) is 10.9. The summed E-state index contributed by atoms with van der Waals surface area (Å²) in [6.45, 7) is 10.1. The van der Waals surface area contributed by atoms with Crippen LogP contribution in [-0.2, 0) is 6.54 Å². The van der Waals surface area contributed by atoms with Crippen LogP contribution in [-0.4, -0.2) is 58.6 Å². The normalized spacial score (nSPS) is 19.7. The molecule has 0 saturated carbocycles. The van der Waals surface area contributed by atoms with Crippen LogP contribution < -0.4 is 10.2 Å². The monoisotopic (exact) mass is 389 g/mol. The smallest absolute Gasteiger partial charge is 0.160 e. The van der Waals surface area contributed by atoms with Gasteiger partial charge in [-0.25, -0.2) is 0 Å². The molecule has 3 aliphatic rings. The molecule has 29 heavy (non-hydrogen) atoms. The van der Waals surface area contributed by atoms with Crippen molar-refractivity contribution in [3.05, 3.63) is 70.9 Å². The Kier molecular flexibility index (Phi) is 4.69. The minimum Gasteiger partial charge on any atom is -0.314 e. The van der Waals surface area contributed by atoms with Gasteiger partial charge in [0.1, 0.15) is 12.5 Å². The number of benzene rings is 1. The molecule has 1 aromatic carbocycles. The summed E-state index contributed by atoms with van der Waals surface area (Å²) in [6.07, 6.45) is 4.31. The molecule has 0 aliphatic carbocycles. The predicted molar refractivity (Wildman–Crippen MR) is 115 cm³/mol. The molecule has 1 aromatic heterocycles. The van der Waals surface area contributed by atoms with Gasteiger partial charge in [0.05, 0.1) is 5.71 Å². The number of aromatic nitrogens is 2. The summed E-state index contributed by atoms with van der Waals surface area (Å²) in [7, 11) is 0. The van der Waals surface area contributed by atoms with Gasteiger partial charge in [-0.3, -0.25) is 19.9 Å². The first-order chi connectivity index (χ1) is 14.2. The molecule has 7 nitrogen and oxygen atoms in total. The second-order valence-corrected chi connectivity index (χ2v) is 7.90. The van der Waals surface area contributed by atoms with Crippen LogP contribution >= 0.6 is 0 Å². The Morgan fingerprint density at radius 1 is 1.10 bits per heavy atom. The Morgan fingerprint density at radius 2 is 1.97 bits per heavy atom. The fraction of sp³-hybridized carbons (Fsp3) is 0.364. The second kappa shape index (κ2) is 7.50. The molecule has 0 spiro atoms. The zero-order chi connectivity index (χ0) is 19.8. The lowest BCUT2D eigenvalue weighted by molar-refractivity contribution is 0.233. The number of rotatable bonds is 4. The first kappa shape index (κ1) is 18.1. The molecule has 5 rings (SSSR count). The van der Waals surface area contributed by atoms with E-state index < -0.39 is 0 Å². The number of fused-ring (bicyclic) bond motifs is 1. The Hall–Kier alpha value is -2.90. The first-order valence-electron chi connectivity index (χ1n) is 10.2. The number of aliphatic imine (C=N–C) groups is 1. The van der Waals surface area contributed by atoms with Gasteiger partial charge in [0, 0.05) is 68.0 Å². The van der Waals surface area contributed by atoms with Gasteiger partial charge in [0.15, 0.2) is 5.82 Å². The van der Waals surface area contributed by atoms with Crippen molar-refractivity contribution in [2.45, 2.75) is 20.4 Å². The van der Waals surface area contributed by atoms with Crippen LogP contribution in [0.1, 0.15) is 23.7 Å². The molecule has 2 N–H and O–H groups in total. The summed E-state index contributed by atoms with van der Waals surface area (Å²) < 4.78 is 0. The number of piperazine rings is 1. The lowest BCUT2D eigenvalue weighted by atomic mass is 10.0. The molecule has 0 bridgehead atoms. The van der Waals surface area contributed by atoms with Gasteiger partial charge in [0.2, 0.25) is 0 Å². The molecule has 3 aliphatic heterocycles. The Labute approximate surface area is 171 Å². The summed E-state index contributed by atoms with van der Waals surface area (Å²) in [5, 5.41) is 10.9. The average molecular weight is 390 g/mol. The SMILES string of the molecule is CC1=CN2CN=C(c3cccc(CN4CCNCC4)c3)C=C2N1c1cc(C)[nH]n1. The van der Waals surface area contributed by atoms with E-state index in [0.717, 1.165) is 61.5 Å². The molecule has 2 aromatic rings. The van der Waals surface area contributed by atoms with E-state index in [1.54, 1.807) is 0 Å². The van der Waals surface area contributed by atoms with Gasteiger partial charge in [-0.15, -0.1) is 0 Å². The Morgan fingerprint density at radius 3 is 2.76 bits per heavy atom. The van der Waals surface area contributed by atoms with E-state index in [0.29, 0.717) is 6.67 Å². The van der Waals surface area contributed by atoms with E-state index >= 15 is 0 Å². The number of H-pyrrole nitrogens is 1. The number of nitrogens with one attached hydrogen (secondary N) is 2. The van der Waals surface area contributed by atoms with Crippen LogP contribution in [0.3, 0.4) is 0 Å². The molecule has 1 saturated heterocycles. The van der Waals surface area contributed by atoms with Crippen molar-refractivity contribution in [3.63, 3.8) is 0 Å². The van der Waals surface area contributed by atoms with E-state index in [1.165, 1.54) is 11.1 Å². The van der Waals surface area contributed by atoms with E-state index in [4.69, 9.17) is 4.99 Å². The topological polar surface area (TPSA) is 62.8 Å². The molecule has 0 atom stereocenters. The largest absolute Gasteiger partial charge is 0.314 e. The van der Waals surface area contributed by atoms with Crippen molar-refractivity contribution in [3.8, 4) is 0 Å². The summed E-state index contributed by atoms with van der Waals surface area (Å²) in [5.41, 5.74) is 5.74. The van der Waals surface area contributed by atoms with E-state index in [-0.39, 0.29) is 0 Å². The molecule has 4 heterocycles. The highest BCUT2D eigenvalue weighted by Crippen LogP contribution is 2.33. The van der Waals surface area contributed by atoms with Gasteiger partial charge < -0.3 is 10.2 Å². The average Bonchev–Trinajstić information content (AvgIpc) is 3.30. The highest BCUT2D eigenvalue weighted by atomic mass is 15.4. The van der Waals surface area contributed by atoms with Crippen molar-refractivity contribution >= 4 is 11.5 Å². The highest BCUT2D eigenvalue weighted by molar-refractivity contribution is 6.10. The molecule has 7 heteroatoms. The highest BCUT2D eigenvalue weighted by Gasteiger charge is 2.29. The predicted octanol–water partition coefficient (Wildman–Crippen LogP) is 2.41. The third-order valence-electron chi connectivity index (χ3n) is 5.64. The Balaban J connectivity index is 1.40. The second-order valence-electron chi connectivity index (χ2n) is 7.90. The third kappa shape index (κ3) is 3.59. The maximum Gasteiger partial charge on any atom is 0.160 e.